The molecule has 0 fully saturated rings. The molecule has 0 N–H and O–H groups in total. The maximum atomic E-state index is 11.0. The Balaban J connectivity index is 3.76. The molecule has 0 spiro atoms. The highest BCUT2D eigenvalue weighted by molar-refractivity contribution is 9.18. The van der Waals surface area contributed by atoms with E-state index in [2.05, 4.69) is 15.9 Å². The summed E-state index contributed by atoms with van der Waals surface area (Å²) in [7, 11) is 0. The molecule has 0 unspecified atom stereocenters. The number of nitriles is 1. The van der Waals surface area contributed by atoms with E-state index in [0.717, 1.165) is 0 Å². The smallest absolute Gasteiger partial charge is 0.228 e. The number of halogens is 1. The predicted octanol–water partition coefficient (Wildman–Crippen LogP) is 2.09. The minimum absolute atomic E-state index is 0.357. The van der Waals surface area contributed by atoms with Gasteiger partial charge in [-0.05, 0) is 40.1 Å². The van der Waals surface area contributed by atoms with Gasteiger partial charge in [0.2, 0.25) is 4.69 Å². The second-order valence-corrected chi connectivity index (χ2v) is 2.36. The summed E-state index contributed by atoms with van der Waals surface area (Å²) in [5.74, 6) is 0. The molecule has 0 saturated carbocycles. The van der Waals surface area contributed by atoms with E-state index in [4.69, 9.17) is 10.7 Å². The van der Waals surface area contributed by atoms with Crippen LogP contribution >= 0.6 is 15.9 Å². The summed E-state index contributed by atoms with van der Waals surface area (Å²) in [5, 5.41) is 8.62. The molecule has 0 radical (unpaired) electrons. The van der Waals surface area contributed by atoms with Crippen LogP contribution in [0.3, 0.4) is 0 Å². The Morgan fingerprint density at radius 3 is 2.45 bits per heavy atom. The summed E-state index contributed by atoms with van der Waals surface area (Å²) >= 11 is 2.57. The van der Waals surface area contributed by atoms with E-state index in [1.807, 2.05) is 0 Å². The summed E-state index contributed by atoms with van der Waals surface area (Å²) in [6.45, 7) is 0. The summed E-state index contributed by atoms with van der Waals surface area (Å²) in [6.07, 6.45) is 0. The van der Waals surface area contributed by atoms with Crippen LogP contribution in [0.2, 0.25) is 0 Å². The fourth-order valence-electron chi connectivity index (χ4n) is 0.467. The monoisotopic (exact) mass is 213 g/mol. The SMILES string of the molecule is [2H]c1c([2H])c(C(=O)Br)c([2H])c([2H])c1C#N. The number of carbonyl (C=O) groups excluding carboxylic acids is 1. The van der Waals surface area contributed by atoms with Crippen LogP contribution in [-0.2, 0) is 0 Å². The van der Waals surface area contributed by atoms with Crippen LogP contribution in [0.5, 0.6) is 0 Å². The highest BCUT2D eigenvalue weighted by atomic mass is 79.9. The van der Waals surface area contributed by atoms with Gasteiger partial charge in [-0.3, -0.25) is 4.79 Å². The van der Waals surface area contributed by atoms with Crippen molar-refractivity contribution in [3.05, 3.63) is 35.3 Å². The summed E-state index contributed by atoms with van der Waals surface area (Å²) < 4.78 is 28.9. The molecule has 0 aliphatic carbocycles. The molecule has 0 heterocycles. The van der Waals surface area contributed by atoms with Crippen molar-refractivity contribution in [2.45, 2.75) is 0 Å². The molecule has 0 aliphatic rings. The minimum atomic E-state index is -0.732. The lowest BCUT2D eigenvalue weighted by Crippen LogP contribution is -1.86. The normalized spacial score (nSPS) is 13.8. The second kappa shape index (κ2) is 3.31. The number of rotatable bonds is 1. The van der Waals surface area contributed by atoms with E-state index in [1.165, 1.54) is 0 Å². The van der Waals surface area contributed by atoms with Crippen molar-refractivity contribution in [2.75, 3.05) is 0 Å². The van der Waals surface area contributed by atoms with Crippen molar-refractivity contribution >= 4 is 20.6 Å². The molecule has 0 aliphatic heterocycles. The zero-order valence-electron chi connectivity index (χ0n) is 9.23. The molecule has 1 aromatic carbocycles. The van der Waals surface area contributed by atoms with Gasteiger partial charge in [0.25, 0.3) is 0 Å². The predicted molar refractivity (Wildman–Crippen MR) is 44.4 cm³/mol. The molecule has 2 nitrogen and oxygen atoms in total. The van der Waals surface area contributed by atoms with Crippen LogP contribution in [-0.4, -0.2) is 4.69 Å². The average Bonchev–Trinajstić information content (AvgIpc) is 2.16. The molecule has 0 atom stereocenters. The van der Waals surface area contributed by atoms with Gasteiger partial charge in [-0.25, -0.2) is 0 Å². The van der Waals surface area contributed by atoms with Crippen molar-refractivity contribution in [1.82, 2.24) is 0 Å². The number of hydrogen-bond donors (Lipinski definition) is 0. The third kappa shape index (κ3) is 1.89. The Labute approximate surface area is 78.2 Å². The van der Waals surface area contributed by atoms with E-state index in [0.29, 0.717) is 0 Å². The Morgan fingerprint density at radius 1 is 1.55 bits per heavy atom. The first-order valence-electron chi connectivity index (χ1n) is 4.62. The molecule has 1 rings (SSSR count). The molecule has 3 heteroatoms. The van der Waals surface area contributed by atoms with Gasteiger partial charge >= 0.3 is 0 Å². The molecule has 0 bridgehead atoms. The second-order valence-electron chi connectivity index (χ2n) is 1.64. The van der Waals surface area contributed by atoms with E-state index >= 15 is 0 Å². The van der Waals surface area contributed by atoms with Crippen molar-refractivity contribution < 1.29 is 10.3 Å². The van der Waals surface area contributed by atoms with Gasteiger partial charge in [-0.2, -0.15) is 5.26 Å². The van der Waals surface area contributed by atoms with Crippen LogP contribution in [0.15, 0.2) is 24.2 Å². The van der Waals surface area contributed by atoms with Gasteiger partial charge in [0.05, 0.1) is 17.1 Å². The number of hydrogen-bond acceptors (Lipinski definition) is 2. The maximum absolute atomic E-state index is 11.0. The van der Waals surface area contributed by atoms with Crippen LogP contribution in [0.25, 0.3) is 0 Å². The van der Waals surface area contributed by atoms with Crippen molar-refractivity contribution in [2.24, 2.45) is 0 Å². The van der Waals surface area contributed by atoms with Gasteiger partial charge in [-0.15, -0.1) is 0 Å². The number of nitrogens with zero attached hydrogens (tertiary/aromatic N) is 1. The largest absolute Gasteiger partial charge is 0.281 e. The zero-order chi connectivity index (χ0) is 11.7. The van der Waals surface area contributed by atoms with Gasteiger partial charge < -0.3 is 0 Å². The quantitative estimate of drug-likeness (QED) is 0.671. The van der Waals surface area contributed by atoms with Gasteiger partial charge in [-0.1, -0.05) is 0 Å². The molecule has 1 aromatic rings. The fraction of sp³-hybridized carbons (Fsp3) is 0. The van der Waals surface area contributed by atoms with Gasteiger partial charge in [0, 0.05) is 5.56 Å². The molecular formula is C8H4BrNO. The van der Waals surface area contributed by atoms with Crippen LogP contribution < -0.4 is 0 Å². The first-order chi connectivity index (χ1) is 6.91. The van der Waals surface area contributed by atoms with Crippen molar-refractivity contribution in [1.29, 1.82) is 5.26 Å². The van der Waals surface area contributed by atoms with Crippen molar-refractivity contribution in [3.63, 3.8) is 0 Å². The number of benzene rings is 1. The third-order valence-electron chi connectivity index (χ3n) is 0.933. The Hall–Kier alpha value is -1.14. The highest BCUT2D eigenvalue weighted by Gasteiger charge is 1.98. The topological polar surface area (TPSA) is 40.9 Å². The van der Waals surface area contributed by atoms with E-state index < -0.39 is 28.9 Å². The average molecular weight is 214 g/mol. The summed E-state index contributed by atoms with van der Waals surface area (Å²) in [5.41, 5.74) is -0.716. The molecule has 0 amide bonds. The van der Waals surface area contributed by atoms with E-state index in [-0.39, 0.29) is 11.1 Å². The molecular weight excluding hydrogens is 206 g/mol. The Morgan fingerprint density at radius 2 is 2.09 bits per heavy atom. The lowest BCUT2D eigenvalue weighted by Gasteiger charge is -1.91. The zero-order valence-corrected chi connectivity index (χ0v) is 6.82. The summed E-state index contributed by atoms with van der Waals surface area (Å²) in [4.78, 5) is 11.0. The molecule has 11 heavy (non-hydrogen) atoms. The van der Waals surface area contributed by atoms with Crippen LogP contribution in [0.1, 0.15) is 21.4 Å². The lowest BCUT2D eigenvalue weighted by atomic mass is 10.2. The Kier molecular flexibility index (Phi) is 1.21. The third-order valence-corrected chi connectivity index (χ3v) is 1.33. The van der Waals surface area contributed by atoms with Gasteiger partial charge in [0.15, 0.2) is 0 Å². The lowest BCUT2D eigenvalue weighted by molar-refractivity contribution is 0.109. The van der Waals surface area contributed by atoms with Crippen LogP contribution in [0.4, 0.5) is 0 Å². The molecule has 0 aromatic heterocycles. The van der Waals surface area contributed by atoms with Crippen LogP contribution in [0, 0.1) is 11.3 Å². The molecule has 0 saturated heterocycles. The molecule has 54 valence electrons. The first kappa shape index (κ1) is 4.03. The first-order valence-corrected chi connectivity index (χ1v) is 3.41. The standard InChI is InChI=1S/C8H4BrNO/c9-8(11)7-3-1-6(5-10)2-4-7/h1-4H/i1D,2D,3D,4D. The Bertz CT molecular complexity index is 465. The van der Waals surface area contributed by atoms with E-state index in [9.17, 15) is 4.79 Å². The van der Waals surface area contributed by atoms with Crippen molar-refractivity contribution in [3.8, 4) is 6.07 Å². The highest BCUT2D eigenvalue weighted by Crippen LogP contribution is 2.06. The minimum Gasteiger partial charge on any atom is -0.281 e. The van der Waals surface area contributed by atoms with E-state index in [1.54, 1.807) is 6.07 Å². The number of carbonyl (C=O) groups is 1. The summed E-state index contributed by atoms with van der Waals surface area (Å²) in [6, 6.07) is -0.438. The maximum Gasteiger partial charge on any atom is 0.228 e. The fourth-order valence-corrected chi connectivity index (χ4v) is 0.665. The van der Waals surface area contributed by atoms with Gasteiger partial charge in [0.1, 0.15) is 0 Å².